The second-order valence-corrected chi connectivity index (χ2v) is 1.37. The van der Waals surface area contributed by atoms with Gasteiger partial charge in [-0.2, -0.15) is 4.91 Å². The van der Waals surface area contributed by atoms with Crippen LogP contribution in [-0.4, -0.2) is 24.7 Å². The number of rotatable bonds is 4. The predicted octanol–water partition coefficient (Wildman–Crippen LogP) is 0.572. The predicted molar refractivity (Wildman–Crippen MR) is 31.3 cm³/mol. The molecule has 0 N–H and O–H groups in total. The van der Waals surface area contributed by atoms with Crippen LogP contribution in [0.4, 0.5) is 0 Å². The van der Waals surface area contributed by atoms with Crippen molar-refractivity contribution in [1.29, 1.82) is 0 Å². The molecular weight excluding hydrogens is 108 g/mol. The van der Waals surface area contributed by atoms with E-state index >= 15 is 0 Å². The Morgan fingerprint density at radius 1 is 1.75 bits per heavy atom. The van der Waals surface area contributed by atoms with E-state index in [1.165, 1.54) is 0 Å². The average molecular weight is 117 g/mol. The van der Waals surface area contributed by atoms with E-state index in [1.807, 2.05) is 0 Å². The molecule has 0 aliphatic carbocycles. The molecule has 0 aromatic heterocycles. The fourth-order valence-electron chi connectivity index (χ4n) is 0.310. The number of hydrogen-bond donors (Lipinski definition) is 0. The Balaban J connectivity index is 2.97. The van der Waals surface area contributed by atoms with Gasteiger partial charge in [-0.1, -0.05) is 12.1 Å². The first-order valence-corrected chi connectivity index (χ1v) is 2.52. The molecule has 8 heavy (non-hydrogen) atoms. The van der Waals surface area contributed by atoms with Gasteiger partial charge in [-0.25, -0.2) is 0 Å². The van der Waals surface area contributed by atoms with Crippen LogP contribution in [0.25, 0.3) is 0 Å². The van der Waals surface area contributed by atoms with Crippen molar-refractivity contribution in [2.75, 3.05) is 19.6 Å². The van der Waals surface area contributed by atoms with E-state index in [4.69, 9.17) is 0 Å². The van der Waals surface area contributed by atoms with Gasteiger partial charge in [0.05, 0.1) is 6.54 Å². The van der Waals surface area contributed by atoms with Crippen molar-refractivity contribution < 1.29 is 0 Å². The van der Waals surface area contributed by atoms with Gasteiger partial charge in [-0.05, 0) is 6.54 Å². The summed E-state index contributed by atoms with van der Waals surface area (Å²) >= 11 is 0. The summed E-state index contributed by atoms with van der Waals surface area (Å²) in [5.41, 5.74) is 0. The molecule has 0 spiro atoms. The Labute approximate surface area is 48.0 Å². The summed E-state index contributed by atoms with van der Waals surface area (Å²) in [6, 6.07) is 0. The zero-order valence-electron chi connectivity index (χ0n) is 4.83. The zero-order chi connectivity index (χ0) is 6.41. The van der Waals surface area contributed by atoms with Crippen LogP contribution in [0.1, 0.15) is 6.92 Å². The molecule has 0 saturated heterocycles. The SMILES string of the molecule is CCN([O-])CCN=O. The third-order valence-electron chi connectivity index (χ3n) is 0.793. The molecular formula is C4H9N2O2-. The van der Waals surface area contributed by atoms with Crippen LogP contribution in [0, 0.1) is 10.1 Å². The van der Waals surface area contributed by atoms with Gasteiger partial charge in [0.25, 0.3) is 0 Å². The monoisotopic (exact) mass is 117 g/mol. The molecule has 4 heteroatoms. The first kappa shape index (κ1) is 7.52. The van der Waals surface area contributed by atoms with Crippen LogP contribution in [0.15, 0.2) is 5.18 Å². The van der Waals surface area contributed by atoms with Gasteiger partial charge < -0.3 is 10.3 Å². The van der Waals surface area contributed by atoms with Gasteiger partial charge in [-0.3, -0.25) is 0 Å². The van der Waals surface area contributed by atoms with E-state index in [1.54, 1.807) is 6.92 Å². The Bertz CT molecular complexity index is 67.1. The summed E-state index contributed by atoms with van der Waals surface area (Å²) in [7, 11) is 0. The van der Waals surface area contributed by atoms with E-state index in [-0.39, 0.29) is 13.1 Å². The lowest BCUT2D eigenvalue weighted by Gasteiger charge is -2.23. The van der Waals surface area contributed by atoms with Crippen molar-refractivity contribution in [3.05, 3.63) is 10.1 Å². The first-order valence-electron chi connectivity index (χ1n) is 2.52. The maximum Gasteiger partial charge on any atom is 0.0928 e. The Kier molecular flexibility index (Phi) is 4.39. The van der Waals surface area contributed by atoms with Crippen molar-refractivity contribution in [3.8, 4) is 0 Å². The molecule has 0 bridgehead atoms. The minimum Gasteiger partial charge on any atom is -0.785 e. The highest BCUT2D eigenvalue weighted by molar-refractivity contribution is 4.54. The van der Waals surface area contributed by atoms with Crippen LogP contribution < -0.4 is 0 Å². The molecule has 0 unspecified atom stereocenters. The fraction of sp³-hybridized carbons (Fsp3) is 1.00. The number of likely N-dealkylation sites (N-methyl/N-ethyl adjacent to an activating group) is 1. The van der Waals surface area contributed by atoms with Gasteiger partial charge in [0.1, 0.15) is 0 Å². The Morgan fingerprint density at radius 3 is 2.75 bits per heavy atom. The van der Waals surface area contributed by atoms with Gasteiger partial charge in [0, 0.05) is 6.54 Å². The largest absolute Gasteiger partial charge is 0.785 e. The second-order valence-electron chi connectivity index (χ2n) is 1.37. The van der Waals surface area contributed by atoms with Crippen LogP contribution in [0.3, 0.4) is 0 Å². The normalized spacial score (nSPS) is 9.88. The third kappa shape index (κ3) is 3.70. The molecule has 0 fully saturated rings. The van der Waals surface area contributed by atoms with Crippen molar-refractivity contribution in [3.63, 3.8) is 0 Å². The number of hydrogen-bond acceptors (Lipinski definition) is 4. The van der Waals surface area contributed by atoms with E-state index in [2.05, 4.69) is 5.18 Å². The second kappa shape index (κ2) is 4.67. The van der Waals surface area contributed by atoms with Crippen LogP contribution in [0.2, 0.25) is 0 Å². The molecule has 0 amide bonds. The minimum absolute atomic E-state index is 0.0946. The zero-order valence-corrected chi connectivity index (χ0v) is 4.83. The molecule has 0 heterocycles. The highest BCUT2D eigenvalue weighted by atomic mass is 16.5. The molecule has 0 rings (SSSR count). The Morgan fingerprint density at radius 2 is 2.38 bits per heavy atom. The van der Waals surface area contributed by atoms with Gasteiger partial charge in [0.2, 0.25) is 0 Å². The summed E-state index contributed by atoms with van der Waals surface area (Å²) in [6.07, 6.45) is 0. The summed E-state index contributed by atoms with van der Waals surface area (Å²) < 4.78 is 0. The fourth-order valence-corrected chi connectivity index (χ4v) is 0.310. The lowest BCUT2D eigenvalue weighted by atomic mass is 10.6. The summed E-state index contributed by atoms with van der Waals surface area (Å²) in [4.78, 5) is 9.41. The standard InChI is InChI=1S/C4H9N2O2/c1-2-6(8)4-3-5-7/h2-4H2,1H3/q-1. The molecule has 0 saturated carbocycles. The Hall–Kier alpha value is -0.480. The van der Waals surface area contributed by atoms with Gasteiger partial charge in [-0.15, -0.1) is 0 Å². The van der Waals surface area contributed by atoms with E-state index < -0.39 is 0 Å². The smallest absolute Gasteiger partial charge is 0.0928 e. The highest BCUT2D eigenvalue weighted by Crippen LogP contribution is 1.80. The minimum atomic E-state index is 0.0946. The third-order valence-corrected chi connectivity index (χ3v) is 0.793. The number of nitroso groups, excluding NO2 is 1. The van der Waals surface area contributed by atoms with Crippen molar-refractivity contribution in [2.24, 2.45) is 5.18 Å². The van der Waals surface area contributed by atoms with Crippen molar-refractivity contribution in [1.82, 2.24) is 5.06 Å². The number of nitrogens with zero attached hydrogens (tertiary/aromatic N) is 2. The molecule has 0 aromatic carbocycles. The maximum absolute atomic E-state index is 10.3. The molecule has 4 nitrogen and oxygen atoms in total. The topological polar surface area (TPSA) is 55.7 Å². The number of hydroxylamine groups is 2. The van der Waals surface area contributed by atoms with Crippen LogP contribution >= 0.6 is 0 Å². The van der Waals surface area contributed by atoms with Crippen LogP contribution in [0.5, 0.6) is 0 Å². The van der Waals surface area contributed by atoms with Gasteiger partial charge >= 0.3 is 0 Å². The van der Waals surface area contributed by atoms with E-state index in [0.717, 1.165) is 5.06 Å². The van der Waals surface area contributed by atoms with Crippen molar-refractivity contribution >= 4 is 0 Å². The summed E-state index contributed by atoms with van der Waals surface area (Å²) in [5.74, 6) is 0. The van der Waals surface area contributed by atoms with E-state index in [0.29, 0.717) is 6.54 Å². The molecule has 48 valence electrons. The molecule has 0 radical (unpaired) electrons. The molecule has 0 atom stereocenters. The van der Waals surface area contributed by atoms with E-state index in [9.17, 15) is 10.1 Å². The summed E-state index contributed by atoms with van der Waals surface area (Å²) in [5, 5.41) is 13.6. The quantitative estimate of drug-likeness (QED) is 0.399. The molecule has 0 aromatic rings. The summed E-state index contributed by atoms with van der Waals surface area (Å²) in [6.45, 7) is 2.48. The molecule has 0 aliphatic rings. The first-order chi connectivity index (χ1) is 3.81. The van der Waals surface area contributed by atoms with Crippen molar-refractivity contribution in [2.45, 2.75) is 6.92 Å². The average Bonchev–Trinajstić information content (AvgIpc) is 1.83. The van der Waals surface area contributed by atoms with Gasteiger partial charge in [0.15, 0.2) is 0 Å². The lowest BCUT2D eigenvalue weighted by Crippen LogP contribution is -2.18. The highest BCUT2D eigenvalue weighted by Gasteiger charge is 1.83. The molecule has 0 aliphatic heterocycles. The lowest BCUT2D eigenvalue weighted by molar-refractivity contribution is 0.408. The maximum atomic E-state index is 10.3. The van der Waals surface area contributed by atoms with Crippen LogP contribution in [-0.2, 0) is 0 Å².